The van der Waals surface area contributed by atoms with Crippen LogP contribution in [0.15, 0.2) is 71.2 Å². The SMILES string of the molecule is Brc1c(OCCCCNCc2ccccc2)ccc2ccccc12. The molecule has 3 rings (SSSR count). The van der Waals surface area contributed by atoms with E-state index in [-0.39, 0.29) is 0 Å². The lowest BCUT2D eigenvalue weighted by atomic mass is 10.1. The van der Waals surface area contributed by atoms with Gasteiger partial charge in [0.05, 0.1) is 11.1 Å². The molecule has 0 aliphatic carbocycles. The predicted molar refractivity (Wildman–Crippen MR) is 105 cm³/mol. The lowest BCUT2D eigenvalue weighted by molar-refractivity contribution is 0.304. The van der Waals surface area contributed by atoms with Crippen LogP contribution in [0, 0.1) is 0 Å². The second kappa shape index (κ2) is 8.86. The van der Waals surface area contributed by atoms with E-state index in [4.69, 9.17) is 4.74 Å². The van der Waals surface area contributed by atoms with E-state index in [9.17, 15) is 0 Å². The van der Waals surface area contributed by atoms with E-state index >= 15 is 0 Å². The highest BCUT2D eigenvalue weighted by Crippen LogP contribution is 2.33. The topological polar surface area (TPSA) is 21.3 Å². The van der Waals surface area contributed by atoms with Crippen molar-refractivity contribution in [1.29, 1.82) is 0 Å². The lowest BCUT2D eigenvalue weighted by Crippen LogP contribution is -2.15. The summed E-state index contributed by atoms with van der Waals surface area (Å²) in [6.07, 6.45) is 2.15. The second-order valence-corrected chi connectivity index (χ2v) is 6.61. The monoisotopic (exact) mass is 383 g/mol. The Morgan fingerprint density at radius 1 is 0.833 bits per heavy atom. The van der Waals surface area contributed by atoms with Crippen molar-refractivity contribution in [3.8, 4) is 5.75 Å². The standard InChI is InChI=1S/C21H22BrNO/c22-21-19-11-5-4-10-18(19)12-13-20(21)24-15-7-6-14-23-16-17-8-2-1-3-9-17/h1-5,8-13,23H,6-7,14-16H2. The average molecular weight is 384 g/mol. The number of hydrogen-bond acceptors (Lipinski definition) is 2. The van der Waals surface area contributed by atoms with E-state index in [1.54, 1.807) is 0 Å². The van der Waals surface area contributed by atoms with Gasteiger partial charge in [0.15, 0.2) is 0 Å². The van der Waals surface area contributed by atoms with Gasteiger partial charge in [-0.3, -0.25) is 0 Å². The number of ether oxygens (including phenoxy) is 1. The van der Waals surface area contributed by atoms with Gasteiger partial charge < -0.3 is 10.1 Å². The molecule has 1 N–H and O–H groups in total. The summed E-state index contributed by atoms with van der Waals surface area (Å²) in [5.41, 5.74) is 1.33. The molecule has 3 aromatic rings. The van der Waals surface area contributed by atoms with Crippen molar-refractivity contribution in [2.24, 2.45) is 0 Å². The minimum atomic E-state index is 0.740. The van der Waals surface area contributed by atoms with Crippen LogP contribution in [0.25, 0.3) is 10.8 Å². The Balaban J connectivity index is 1.38. The largest absolute Gasteiger partial charge is 0.492 e. The number of hydrogen-bond donors (Lipinski definition) is 1. The third-order valence-corrected chi connectivity index (χ3v) is 4.82. The van der Waals surface area contributed by atoms with Gasteiger partial charge in [0.2, 0.25) is 0 Å². The maximum atomic E-state index is 5.94. The summed E-state index contributed by atoms with van der Waals surface area (Å²) in [5, 5.41) is 5.89. The molecule has 124 valence electrons. The first-order chi connectivity index (χ1) is 11.8. The van der Waals surface area contributed by atoms with Gasteiger partial charge in [0, 0.05) is 6.54 Å². The van der Waals surface area contributed by atoms with Crippen LogP contribution in [-0.2, 0) is 6.54 Å². The summed E-state index contributed by atoms with van der Waals surface area (Å²) >= 11 is 3.66. The molecule has 0 atom stereocenters. The highest BCUT2D eigenvalue weighted by atomic mass is 79.9. The molecule has 0 aromatic heterocycles. The average Bonchev–Trinajstić information content (AvgIpc) is 2.64. The molecule has 0 saturated carbocycles. The van der Waals surface area contributed by atoms with Gasteiger partial charge >= 0.3 is 0 Å². The summed E-state index contributed by atoms with van der Waals surface area (Å²) in [5.74, 6) is 0.922. The predicted octanol–water partition coefficient (Wildman–Crippen LogP) is 5.55. The van der Waals surface area contributed by atoms with Crippen LogP contribution in [0.1, 0.15) is 18.4 Å². The molecule has 0 aliphatic heterocycles. The van der Waals surface area contributed by atoms with Crippen molar-refractivity contribution in [2.75, 3.05) is 13.2 Å². The van der Waals surface area contributed by atoms with Gasteiger partial charge in [-0.15, -0.1) is 0 Å². The third-order valence-electron chi connectivity index (χ3n) is 4.01. The molecule has 0 spiro atoms. The molecule has 0 aliphatic rings. The van der Waals surface area contributed by atoms with E-state index in [0.717, 1.165) is 42.8 Å². The second-order valence-electron chi connectivity index (χ2n) is 5.82. The van der Waals surface area contributed by atoms with Crippen molar-refractivity contribution in [3.63, 3.8) is 0 Å². The fraction of sp³-hybridized carbons (Fsp3) is 0.238. The number of rotatable bonds is 8. The third kappa shape index (κ3) is 4.59. The van der Waals surface area contributed by atoms with Crippen LogP contribution in [0.4, 0.5) is 0 Å². The summed E-state index contributed by atoms with van der Waals surface area (Å²) in [7, 11) is 0. The number of nitrogens with one attached hydrogen (secondary N) is 1. The van der Waals surface area contributed by atoms with Crippen molar-refractivity contribution in [3.05, 3.63) is 76.8 Å². The van der Waals surface area contributed by atoms with Gasteiger partial charge in [-0.1, -0.05) is 60.7 Å². The number of benzene rings is 3. The molecule has 24 heavy (non-hydrogen) atoms. The Bertz CT molecular complexity index is 773. The Morgan fingerprint density at radius 3 is 2.50 bits per heavy atom. The first kappa shape index (κ1) is 17.0. The van der Waals surface area contributed by atoms with Crippen LogP contribution in [0.3, 0.4) is 0 Å². The van der Waals surface area contributed by atoms with Gasteiger partial charge in [-0.2, -0.15) is 0 Å². The van der Waals surface area contributed by atoms with Crippen LogP contribution < -0.4 is 10.1 Å². The molecular weight excluding hydrogens is 362 g/mol. The zero-order chi connectivity index (χ0) is 16.6. The van der Waals surface area contributed by atoms with Crippen molar-refractivity contribution in [1.82, 2.24) is 5.32 Å². The smallest absolute Gasteiger partial charge is 0.134 e. The van der Waals surface area contributed by atoms with Gasteiger partial charge in [-0.05, 0) is 57.7 Å². The Morgan fingerprint density at radius 2 is 1.62 bits per heavy atom. The zero-order valence-electron chi connectivity index (χ0n) is 13.7. The van der Waals surface area contributed by atoms with E-state index in [1.807, 2.05) is 12.1 Å². The number of halogens is 1. The molecule has 3 heteroatoms. The molecule has 0 bridgehead atoms. The molecule has 0 amide bonds. The minimum absolute atomic E-state index is 0.740. The van der Waals surface area contributed by atoms with E-state index in [0.29, 0.717) is 0 Å². The maximum absolute atomic E-state index is 5.94. The lowest BCUT2D eigenvalue weighted by Gasteiger charge is -2.10. The zero-order valence-corrected chi connectivity index (χ0v) is 15.3. The van der Waals surface area contributed by atoms with E-state index < -0.39 is 0 Å². The molecule has 2 nitrogen and oxygen atoms in total. The van der Waals surface area contributed by atoms with Crippen LogP contribution >= 0.6 is 15.9 Å². The summed E-state index contributed by atoms with van der Waals surface area (Å²) in [6, 6.07) is 23.0. The van der Waals surface area contributed by atoms with Crippen molar-refractivity contribution in [2.45, 2.75) is 19.4 Å². The van der Waals surface area contributed by atoms with Crippen molar-refractivity contribution < 1.29 is 4.74 Å². The van der Waals surface area contributed by atoms with Gasteiger partial charge in [0.25, 0.3) is 0 Å². The van der Waals surface area contributed by atoms with Crippen molar-refractivity contribution >= 4 is 26.7 Å². The van der Waals surface area contributed by atoms with E-state index in [1.165, 1.54) is 16.3 Å². The molecule has 3 aromatic carbocycles. The molecule has 0 radical (unpaired) electrons. The van der Waals surface area contributed by atoms with Crippen LogP contribution in [0.2, 0.25) is 0 Å². The normalized spacial score (nSPS) is 10.9. The molecular formula is C21H22BrNO. The maximum Gasteiger partial charge on any atom is 0.134 e. The minimum Gasteiger partial charge on any atom is -0.492 e. The Kier molecular flexibility index (Phi) is 6.27. The Hall–Kier alpha value is -1.84. The first-order valence-electron chi connectivity index (χ1n) is 8.39. The summed E-state index contributed by atoms with van der Waals surface area (Å²) in [6.45, 7) is 2.68. The summed E-state index contributed by atoms with van der Waals surface area (Å²) in [4.78, 5) is 0. The number of unbranched alkanes of at least 4 members (excludes halogenated alkanes) is 1. The van der Waals surface area contributed by atoms with Crippen LogP contribution in [-0.4, -0.2) is 13.2 Å². The van der Waals surface area contributed by atoms with E-state index in [2.05, 4.69) is 75.8 Å². The summed E-state index contributed by atoms with van der Waals surface area (Å²) < 4.78 is 6.98. The molecule has 0 fully saturated rings. The van der Waals surface area contributed by atoms with Gasteiger partial charge in [0.1, 0.15) is 5.75 Å². The first-order valence-corrected chi connectivity index (χ1v) is 9.18. The Labute approximate surface area is 152 Å². The van der Waals surface area contributed by atoms with Gasteiger partial charge in [-0.25, -0.2) is 0 Å². The van der Waals surface area contributed by atoms with Crippen LogP contribution in [0.5, 0.6) is 5.75 Å². The highest BCUT2D eigenvalue weighted by molar-refractivity contribution is 9.10. The quantitative estimate of drug-likeness (QED) is 0.514. The number of fused-ring (bicyclic) bond motifs is 1. The fourth-order valence-electron chi connectivity index (χ4n) is 2.69. The highest BCUT2D eigenvalue weighted by Gasteiger charge is 2.05. The molecule has 0 heterocycles. The fourth-order valence-corrected chi connectivity index (χ4v) is 3.30. The molecule has 0 saturated heterocycles. The molecule has 0 unspecified atom stereocenters.